The van der Waals surface area contributed by atoms with E-state index in [9.17, 15) is 9.59 Å². The Morgan fingerprint density at radius 1 is 1.04 bits per heavy atom. The van der Waals surface area contributed by atoms with Gasteiger partial charge >= 0.3 is 0 Å². The van der Waals surface area contributed by atoms with Gasteiger partial charge in [-0.3, -0.25) is 9.59 Å². The zero-order valence-electron chi connectivity index (χ0n) is 16.0. The summed E-state index contributed by atoms with van der Waals surface area (Å²) in [6.07, 6.45) is 0. The normalized spacial score (nSPS) is 11.4. The quantitative estimate of drug-likeness (QED) is 0.737. The van der Waals surface area contributed by atoms with Crippen molar-refractivity contribution in [2.45, 2.75) is 19.9 Å². The van der Waals surface area contributed by atoms with Crippen LogP contribution in [0.15, 0.2) is 54.6 Å². The van der Waals surface area contributed by atoms with E-state index in [1.54, 1.807) is 24.1 Å². The van der Waals surface area contributed by atoms with E-state index in [1.807, 2.05) is 49.4 Å². The van der Waals surface area contributed by atoms with Crippen molar-refractivity contribution in [2.75, 3.05) is 26.8 Å². The molecule has 0 radical (unpaired) electrons. The monoisotopic (exact) mass is 370 g/mol. The molecule has 2 aromatic rings. The van der Waals surface area contributed by atoms with Crippen molar-refractivity contribution in [3.05, 3.63) is 60.2 Å². The summed E-state index contributed by atoms with van der Waals surface area (Å²) in [6.45, 7) is 4.17. The summed E-state index contributed by atoms with van der Waals surface area (Å²) in [5.74, 6) is 0.797. The Kier molecular flexibility index (Phi) is 7.67. The van der Waals surface area contributed by atoms with Crippen LogP contribution in [0.3, 0.4) is 0 Å². The molecule has 0 heterocycles. The number of benzene rings is 2. The number of amides is 2. The molecule has 27 heavy (non-hydrogen) atoms. The fourth-order valence-electron chi connectivity index (χ4n) is 2.78. The minimum absolute atomic E-state index is 0.0362. The highest BCUT2D eigenvalue weighted by molar-refractivity contribution is 5.78. The van der Waals surface area contributed by atoms with Gasteiger partial charge in [0.05, 0.1) is 13.2 Å². The van der Waals surface area contributed by atoms with Gasteiger partial charge in [-0.1, -0.05) is 42.5 Å². The number of methoxy groups -OCH3 is 1. The molecule has 0 spiro atoms. The van der Waals surface area contributed by atoms with Crippen molar-refractivity contribution in [1.82, 2.24) is 10.2 Å². The Labute approximate surface area is 160 Å². The van der Waals surface area contributed by atoms with E-state index in [0.29, 0.717) is 24.6 Å². The van der Waals surface area contributed by atoms with E-state index in [1.165, 1.54) is 6.92 Å². The summed E-state index contributed by atoms with van der Waals surface area (Å²) in [4.78, 5) is 25.7. The zero-order chi connectivity index (χ0) is 19.6. The summed E-state index contributed by atoms with van der Waals surface area (Å²) in [6, 6.07) is 16.9. The third-order valence-electron chi connectivity index (χ3n) is 4.26. The van der Waals surface area contributed by atoms with Crippen LogP contribution in [-0.4, -0.2) is 43.5 Å². The van der Waals surface area contributed by atoms with Crippen molar-refractivity contribution < 1.29 is 19.1 Å². The van der Waals surface area contributed by atoms with Gasteiger partial charge in [-0.25, -0.2) is 0 Å². The highest BCUT2D eigenvalue weighted by Crippen LogP contribution is 2.25. The Morgan fingerprint density at radius 2 is 1.67 bits per heavy atom. The standard InChI is InChI=1S/C21H26N2O4/c1-16(18-9-5-4-6-10-18)23(17(2)24)14-13-22-21(25)15-27-20-12-8-7-11-19(20)26-3/h4-12,16H,13-15H2,1-3H3,(H,22,25). The van der Waals surface area contributed by atoms with Crippen LogP contribution in [0.25, 0.3) is 0 Å². The first-order chi connectivity index (χ1) is 13.0. The minimum Gasteiger partial charge on any atom is -0.493 e. The Hall–Kier alpha value is -3.02. The van der Waals surface area contributed by atoms with Crippen LogP contribution in [0.2, 0.25) is 0 Å². The molecule has 0 aliphatic heterocycles. The predicted octanol–water partition coefficient (Wildman–Crippen LogP) is 2.80. The van der Waals surface area contributed by atoms with Gasteiger partial charge in [0.15, 0.2) is 18.1 Å². The largest absolute Gasteiger partial charge is 0.493 e. The van der Waals surface area contributed by atoms with Gasteiger partial charge in [0.25, 0.3) is 5.91 Å². The highest BCUT2D eigenvalue weighted by Gasteiger charge is 2.18. The third kappa shape index (κ3) is 6.02. The van der Waals surface area contributed by atoms with Gasteiger partial charge in [-0.2, -0.15) is 0 Å². The molecule has 1 atom stereocenters. The van der Waals surface area contributed by atoms with Crippen molar-refractivity contribution >= 4 is 11.8 Å². The van der Waals surface area contributed by atoms with E-state index in [4.69, 9.17) is 9.47 Å². The summed E-state index contributed by atoms with van der Waals surface area (Å²) in [5.41, 5.74) is 1.05. The molecule has 144 valence electrons. The average molecular weight is 370 g/mol. The number of ether oxygens (including phenoxy) is 2. The van der Waals surface area contributed by atoms with Gasteiger partial charge in [0, 0.05) is 20.0 Å². The maximum Gasteiger partial charge on any atom is 0.258 e. The maximum absolute atomic E-state index is 12.0. The summed E-state index contributed by atoms with van der Waals surface area (Å²) in [7, 11) is 1.55. The van der Waals surface area contributed by atoms with E-state index < -0.39 is 0 Å². The molecule has 0 fully saturated rings. The molecule has 0 bridgehead atoms. The van der Waals surface area contributed by atoms with Crippen LogP contribution in [0.1, 0.15) is 25.5 Å². The third-order valence-corrected chi connectivity index (χ3v) is 4.26. The van der Waals surface area contributed by atoms with Crippen LogP contribution in [-0.2, 0) is 9.59 Å². The fourth-order valence-corrected chi connectivity index (χ4v) is 2.78. The van der Waals surface area contributed by atoms with Crippen LogP contribution >= 0.6 is 0 Å². The van der Waals surface area contributed by atoms with E-state index in [-0.39, 0.29) is 24.5 Å². The molecule has 2 aromatic carbocycles. The molecule has 1 unspecified atom stereocenters. The van der Waals surface area contributed by atoms with Gasteiger partial charge in [-0.15, -0.1) is 0 Å². The number of hydrogen-bond acceptors (Lipinski definition) is 4. The fraction of sp³-hybridized carbons (Fsp3) is 0.333. The second kappa shape index (κ2) is 10.2. The van der Waals surface area contributed by atoms with Crippen LogP contribution in [0, 0.1) is 0 Å². The van der Waals surface area contributed by atoms with Crippen LogP contribution in [0.5, 0.6) is 11.5 Å². The second-order valence-corrected chi connectivity index (χ2v) is 6.09. The second-order valence-electron chi connectivity index (χ2n) is 6.09. The predicted molar refractivity (Wildman–Crippen MR) is 104 cm³/mol. The van der Waals surface area contributed by atoms with E-state index in [2.05, 4.69) is 5.32 Å². The van der Waals surface area contributed by atoms with Gasteiger partial charge < -0.3 is 19.7 Å². The molecule has 1 N–H and O–H groups in total. The number of nitrogens with zero attached hydrogens (tertiary/aromatic N) is 1. The van der Waals surface area contributed by atoms with E-state index in [0.717, 1.165) is 5.56 Å². The zero-order valence-corrected chi connectivity index (χ0v) is 16.0. The number of para-hydroxylation sites is 2. The first-order valence-corrected chi connectivity index (χ1v) is 8.87. The van der Waals surface area contributed by atoms with Crippen LogP contribution in [0.4, 0.5) is 0 Å². The van der Waals surface area contributed by atoms with Crippen molar-refractivity contribution in [1.29, 1.82) is 0 Å². The van der Waals surface area contributed by atoms with Gasteiger partial charge in [-0.05, 0) is 24.6 Å². The lowest BCUT2D eigenvalue weighted by molar-refractivity contribution is -0.131. The number of carbonyl (C=O) groups is 2. The first-order valence-electron chi connectivity index (χ1n) is 8.87. The first kappa shape index (κ1) is 20.3. The Balaban J connectivity index is 1.82. The van der Waals surface area contributed by atoms with Gasteiger partial charge in [0.1, 0.15) is 0 Å². The lowest BCUT2D eigenvalue weighted by Crippen LogP contribution is -2.40. The number of nitrogens with one attached hydrogen (secondary N) is 1. The van der Waals surface area contributed by atoms with Crippen molar-refractivity contribution in [2.24, 2.45) is 0 Å². The highest BCUT2D eigenvalue weighted by atomic mass is 16.5. The smallest absolute Gasteiger partial charge is 0.258 e. The molecule has 0 aromatic heterocycles. The van der Waals surface area contributed by atoms with Gasteiger partial charge in [0.2, 0.25) is 5.91 Å². The molecular weight excluding hydrogens is 344 g/mol. The average Bonchev–Trinajstić information content (AvgIpc) is 2.69. The molecule has 0 aliphatic rings. The lowest BCUT2D eigenvalue weighted by Gasteiger charge is -2.28. The number of hydrogen-bond donors (Lipinski definition) is 1. The van der Waals surface area contributed by atoms with Crippen LogP contribution < -0.4 is 14.8 Å². The molecule has 2 rings (SSSR count). The van der Waals surface area contributed by atoms with Crippen molar-refractivity contribution in [3.63, 3.8) is 0 Å². The molecule has 0 saturated carbocycles. The molecular formula is C21H26N2O4. The lowest BCUT2D eigenvalue weighted by atomic mass is 10.1. The number of rotatable bonds is 9. The van der Waals surface area contributed by atoms with Crippen molar-refractivity contribution in [3.8, 4) is 11.5 Å². The topological polar surface area (TPSA) is 67.9 Å². The maximum atomic E-state index is 12.0. The van der Waals surface area contributed by atoms with E-state index >= 15 is 0 Å². The number of carbonyl (C=O) groups excluding carboxylic acids is 2. The molecule has 0 aliphatic carbocycles. The SMILES string of the molecule is COc1ccccc1OCC(=O)NCCN(C(C)=O)C(C)c1ccccc1. The Bertz CT molecular complexity index is 749. The summed E-state index contributed by atoms with van der Waals surface area (Å²) in [5, 5.41) is 2.78. The summed E-state index contributed by atoms with van der Waals surface area (Å²) >= 11 is 0. The molecule has 2 amide bonds. The molecule has 0 saturated heterocycles. The molecule has 6 nitrogen and oxygen atoms in total. The Morgan fingerprint density at radius 3 is 2.30 bits per heavy atom. The molecule has 6 heteroatoms. The minimum atomic E-state index is -0.253. The summed E-state index contributed by atoms with van der Waals surface area (Å²) < 4.78 is 10.7.